The van der Waals surface area contributed by atoms with Crippen molar-refractivity contribution in [3.8, 4) is 0 Å². The van der Waals surface area contributed by atoms with Gasteiger partial charge >= 0.3 is 0 Å². The summed E-state index contributed by atoms with van der Waals surface area (Å²) in [4.78, 5) is 29.0. The number of carbonyl (C=O) groups is 2. The van der Waals surface area contributed by atoms with Crippen LogP contribution < -0.4 is 10.2 Å². The van der Waals surface area contributed by atoms with Crippen molar-refractivity contribution in [3.63, 3.8) is 0 Å². The molecule has 1 N–H and O–H groups in total. The number of anilines is 1. The minimum atomic E-state index is -0.536. The second-order valence-corrected chi connectivity index (χ2v) is 8.90. The Kier molecular flexibility index (Phi) is 6.43. The first-order valence-electron chi connectivity index (χ1n) is 9.12. The van der Waals surface area contributed by atoms with Gasteiger partial charge in [0.15, 0.2) is 5.11 Å². The van der Waals surface area contributed by atoms with Gasteiger partial charge in [-0.1, -0.05) is 53.2 Å². The van der Waals surface area contributed by atoms with Crippen molar-refractivity contribution >= 4 is 75.9 Å². The van der Waals surface area contributed by atoms with Gasteiger partial charge in [0.2, 0.25) is 0 Å². The van der Waals surface area contributed by atoms with Crippen LogP contribution in [0.15, 0.2) is 88.2 Å². The minimum absolute atomic E-state index is 0.00675. The molecule has 31 heavy (non-hydrogen) atoms. The van der Waals surface area contributed by atoms with E-state index in [4.69, 9.17) is 35.4 Å². The predicted molar refractivity (Wildman–Crippen MR) is 130 cm³/mol. The summed E-state index contributed by atoms with van der Waals surface area (Å²) in [5.41, 5.74) is 1.26. The van der Waals surface area contributed by atoms with E-state index in [1.165, 1.54) is 16.7 Å². The zero-order valence-corrected chi connectivity index (χ0v) is 19.0. The van der Waals surface area contributed by atoms with E-state index in [0.29, 0.717) is 15.7 Å². The summed E-state index contributed by atoms with van der Waals surface area (Å²) in [7, 11) is 0. The van der Waals surface area contributed by atoms with E-state index in [1.54, 1.807) is 30.3 Å². The molecule has 1 saturated heterocycles. The van der Waals surface area contributed by atoms with E-state index in [1.807, 2.05) is 48.5 Å². The Labute approximate surface area is 198 Å². The van der Waals surface area contributed by atoms with Crippen LogP contribution in [0.25, 0.3) is 6.08 Å². The number of benzene rings is 3. The summed E-state index contributed by atoms with van der Waals surface area (Å²) in [6.07, 6.45) is 1.58. The van der Waals surface area contributed by atoms with Crippen LogP contribution in [0.4, 0.5) is 5.69 Å². The smallest absolute Gasteiger partial charge is 0.270 e. The summed E-state index contributed by atoms with van der Waals surface area (Å²) in [6.45, 7) is 0. The molecule has 154 valence electrons. The van der Waals surface area contributed by atoms with Crippen molar-refractivity contribution in [1.29, 1.82) is 0 Å². The van der Waals surface area contributed by atoms with Crippen molar-refractivity contribution < 1.29 is 9.59 Å². The van der Waals surface area contributed by atoms with Crippen LogP contribution in [-0.4, -0.2) is 16.9 Å². The number of hydrogen-bond acceptors (Lipinski definition) is 4. The quantitative estimate of drug-likeness (QED) is 0.281. The molecule has 4 rings (SSSR count). The molecular formula is C23H14Cl2N2O2S2. The Hall–Kier alpha value is -2.64. The topological polar surface area (TPSA) is 49.4 Å². The molecule has 1 fully saturated rings. The molecule has 1 aliphatic rings. The van der Waals surface area contributed by atoms with Crippen LogP contribution in [0.2, 0.25) is 10.0 Å². The molecule has 4 nitrogen and oxygen atoms in total. The highest BCUT2D eigenvalue weighted by Crippen LogP contribution is 2.33. The number of rotatable bonds is 4. The zero-order valence-electron chi connectivity index (χ0n) is 15.8. The molecule has 0 spiro atoms. The summed E-state index contributed by atoms with van der Waals surface area (Å²) in [5, 5.41) is 3.81. The number of amides is 2. The normalized spacial score (nSPS) is 15.4. The summed E-state index contributed by atoms with van der Waals surface area (Å²) in [6, 6.07) is 21.6. The van der Waals surface area contributed by atoms with E-state index in [0.717, 1.165) is 15.4 Å². The first-order valence-corrected chi connectivity index (χ1v) is 11.1. The average molecular weight is 485 g/mol. The molecule has 3 aromatic carbocycles. The Bertz CT molecular complexity index is 1210. The van der Waals surface area contributed by atoms with Crippen LogP contribution >= 0.6 is 47.2 Å². The number of nitrogens with one attached hydrogen (secondary N) is 1. The van der Waals surface area contributed by atoms with E-state index in [-0.39, 0.29) is 10.7 Å². The molecule has 0 aliphatic carbocycles. The zero-order chi connectivity index (χ0) is 22.0. The third kappa shape index (κ3) is 4.83. The van der Waals surface area contributed by atoms with Gasteiger partial charge in [-0.15, -0.1) is 0 Å². The standard InChI is InChI=1S/C23H14Cl2N2O2S2/c24-15-5-9-17(10-6-15)27-22(29)19(21(28)26-23(27)30)13-14-3-1-2-4-20(14)31-18-11-7-16(25)8-12-18/h1-13H,(H,26,28,30). The van der Waals surface area contributed by atoms with Gasteiger partial charge < -0.3 is 0 Å². The van der Waals surface area contributed by atoms with Gasteiger partial charge in [-0.05, 0) is 78.5 Å². The van der Waals surface area contributed by atoms with Crippen molar-refractivity contribution in [2.75, 3.05) is 4.90 Å². The number of nitrogens with zero attached hydrogens (tertiary/aromatic N) is 1. The lowest BCUT2D eigenvalue weighted by molar-refractivity contribution is -0.122. The molecule has 0 unspecified atom stereocenters. The number of carbonyl (C=O) groups excluding carboxylic acids is 2. The highest BCUT2D eigenvalue weighted by Gasteiger charge is 2.34. The van der Waals surface area contributed by atoms with Gasteiger partial charge in [-0.3, -0.25) is 19.8 Å². The Balaban J connectivity index is 1.69. The lowest BCUT2D eigenvalue weighted by atomic mass is 10.1. The maximum Gasteiger partial charge on any atom is 0.270 e. The molecule has 2 amide bonds. The van der Waals surface area contributed by atoms with Gasteiger partial charge in [0.05, 0.1) is 5.69 Å². The molecule has 0 radical (unpaired) electrons. The minimum Gasteiger partial charge on any atom is -0.298 e. The summed E-state index contributed by atoms with van der Waals surface area (Å²) < 4.78 is 0. The van der Waals surface area contributed by atoms with Crippen molar-refractivity contribution in [2.45, 2.75) is 9.79 Å². The predicted octanol–water partition coefficient (Wildman–Crippen LogP) is 5.98. The fraction of sp³-hybridized carbons (Fsp3) is 0. The monoisotopic (exact) mass is 484 g/mol. The molecule has 0 bridgehead atoms. The lowest BCUT2D eigenvalue weighted by Crippen LogP contribution is -2.54. The van der Waals surface area contributed by atoms with Gasteiger partial charge in [0.1, 0.15) is 5.57 Å². The van der Waals surface area contributed by atoms with Crippen molar-refractivity contribution in [3.05, 3.63) is 94.0 Å². The van der Waals surface area contributed by atoms with E-state index in [2.05, 4.69) is 5.32 Å². The van der Waals surface area contributed by atoms with E-state index < -0.39 is 11.8 Å². The van der Waals surface area contributed by atoms with E-state index >= 15 is 0 Å². The van der Waals surface area contributed by atoms with Crippen LogP contribution in [0, 0.1) is 0 Å². The summed E-state index contributed by atoms with van der Waals surface area (Å²) in [5.74, 6) is -1.03. The van der Waals surface area contributed by atoms with Gasteiger partial charge in [-0.25, -0.2) is 0 Å². The maximum absolute atomic E-state index is 13.2. The Morgan fingerprint density at radius 1 is 0.871 bits per heavy atom. The molecular weight excluding hydrogens is 471 g/mol. The van der Waals surface area contributed by atoms with Crippen LogP contribution in [0.5, 0.6) is 0 Å². The number of hydrogen-bond donors (Lipinski definition) is 1. The number of halogens is 2. The number of thiocarbonyl (C=S) groups is 1. The van der Waals surface area contributed by atoms with Gasteiger partial charge in [0.25, 0.3) is 11.8 Å². The van der Waals surface area contributed by atoms with Crippen molar-refractivity contribution in [2.24, 2.45) is 0 Å². The SMILES string of the molecule is O=C1NC(=S)N(c2ccc(Cl)cc2)C(=O)C1=Cc1ccccc1Sc1ccc(Cl)cc1. The van der Waals surface area contributed by atoms with Gasteiger partial charge in [0, 0.05) is 19.8 Å². The highest BCUT2D eigenvalue weighted by atomic mass is 35.5. The third-order valence-electron chi connectivity index (χ3n) is 4.45. The Morgan fingerprint density at radius 2 is 1.48 bits per heavy atom. The largest absolute Gasteiger partial charge is 0.298 e. The fourth-order valence-electron chi connectivity index (χ4n) is 2.96. The summed E-state index contributed by atoms with van der Waals surface area (Å²) >= 11 is 18.7. The second kappa shape index (κ2) is 9.24. The first-order chi connectivity index (χ1) is 14.9. The molecule has 0 atom stereocenters. The third-order valence-corrected chi connectivity index (χ3v) is 6.33. The fourth-order valence-corrected chi connectivity index (χ4v) is 4.41. The average Bonchev–Trinajstić information content (AvgIpc) is 2.75. The van der Waals surface area contributed by atoms with Gasteiger partial charge in [-0.2, -0.15) is 0 Å². The van der Waals surface area contributed by atoms with Crippen LogP contribution in [-0.2, 0) is 9.59 Å². The molecule has 0 aromatic heterocycles. The molecule has 1 heterocycles. The van der Waals surface area contributed by atoms with Crippen LogP contribution in [0.3, 0.4) is 0 Å². The maximum atomic E-state index is 13.2. The molecule has 1 aliphatic heterocycles. The first kappa shape index (κ1) is 21.6. The van der Waals surface area contributed by atoms with Crippen molar-refractivity contribution in [1.82, 2.24) is 5.32 Å². The lowest BCUT2D eigenvalue weighted by Gasteiger charge is -2.29. The Morgan fingerprint density at radius 3 is 2.16 bits per heavy atom. The second-order valence-electron chi connectivity index (χ2n) is 6.53. The van der Waals surface area contributed by atoms with Crippen LogP contribution in [0.1, 0.15) is 5.56 Å². The molecule has 3 aromatic rings. The highest BCUT2D eigenvalue weighted by molar-refractivity contribution is 7.99. The van der Waals surface area contributed by atoms with E-state index in [9.17, 15) is 9.59 Å². The molecule has 0 saturated carbocycles. The molecule has 8 heteroatoms.